The molecule has 1 aliphatic carbocycles. The van der Waals surface area contributed by atoms with E-state index in [0.717, 1.165) is 56.6 Å². The molecule has 4 nitrogen and oxygen atoms in total. The maximum Gasteiger partial charge on any atom is 0.0999 e. The Labute approximate surface area is 204 Å². The van der Waals surface area contributed by atoms with Gasteiger partial charge in [0.15, 0.2) is 0 Å². The van der Waals surface area contributed by atoms with Crippen molar-refractivity contribution in [1.82, 2.24) is 8.80 Å². The van der Waals surface area contributed by atoms with Crippen LogP contribution in [0.3, 0.4) is 0 Å². The minimum Gasteiger partial charge on any atom is -0.308 e. The summed E-state index contributed by atoms with van der Waals surface area (Å²) in [6, 6.07) is 26.0. The van der Waals surface area contributed by atoms with Gasteiger partial charge in [0.05, 0.1) is 50.8 Å². The molecule has 8 aromatic rings. The van der Waals surface area contributed by atoms with Gasteiger partial charge in [-0.2, -0.15) is 10.5 Å². The fourth-order valence-electron chi connectivity index (χ4n) is 6.92. The van der Waals surface area contributed by atoms with Crippen molar-refractivity contribution in [2.75, 3.05) is 0 Å². The Morgan fingerprint density at radius 1 is 0.583 bits per heavy atom. The summed E-state index contributed by atoms with van der Waals surface area (Å²) in [5, 5.41) is 30.2. The minimum atomic E-state index is 0.713. The summed E-state index contributed by atoms with van der Waals surface area (Å²) in [4.78, 5) is 0. The molecule has 4 heteroatoms. The van der Waals surface area contributed by atoms with Gasteiger partial charge in [0.1, 0.15) is 0 Å². The normalized spacial score (nSPS) is 13.7. The molecule has 4 heterocycles. The lowest BCUT2D eigenvalue weighted by molar-refractivity contribution is 1.08. The van der Waals surface area contributed by atoms with Gasteiger partial charge in [-0.1, -0.05) is 42.5 Å². The van der Waals surface area contributed by atoms with E-state index in [1.54, 1.807) is 0 Å². The molecule has 0 atom stereocenters. The number of para-hydroxylation sites is 1. The third-order valence-corrected chi connectivity index (χ3v) is 8.27. The third kappa shape index (κ3) is 1.84. The van der Waals surface area contributed by atoms with Gasteiger partial charge in [0.25, 0.3) is 0 Å². The predicted molar refractivity (Wildman–Crippen MR) is 145 cm³/mol. The highest BCUT2D eigenvalue weighted by atomic mass is 14.9. The zero-order valence-electron chi connectivity index (χ0n) is 19.1. The molecule has 0 bridgehead atoms. The molecule has 0 unspecified atom stereocenters. The molecule has 0 aliphatic heterocycles. The van der Waals surface area contributed by atoms with Crippen LogP contribution < -0.4 is 10.6 Å². The first-order chi connectivity index (χ1) is 17.8. The fourth-order valence-corrected chi connectivity index (χ4v) is 6.92. The van der Waals surface area contributed by atoms with Crippen LogP contribution >= 0.6 is 0 Å². The number of hydrogen-bond acceptors (Lipinski definition) is 2. The van der Waals surface area contributed by atoms with E-state index in [1.165, 1.54) is 37.6 Å². The minimum absolute atomic E-state index is 0.713. The van der Waals surface area contributed by atoms with E-state index in [9.17, 15) is 10.5 Å². The molecule has 4 aromatic heterocycles. The zero-order chi connectivity index (χ0) is 23.7. The van der Waals surface area contributed by atoms with Crippen molar-refractivity contribution in [1.29, 1.82) is 10.5 Å². The van der Waals surface area contributed by atoms with E-state index in [4.69, 9.17) is 0 Å². The molecular formula is C32H16N4. The van der Waals surface area contributed by atoms with Gasteiger partial charge >= 0.3 is 0 Å². The van der Waals surface area contributed by atoms with E-state index in [-0.39, 0.29) is 0 Å². The summed E-state index contributed by atoms with van der Waals surface area (Å²) in [6.07, 6.45) is 6.62. The van der Waals surface area contributed by atoms with Gasteiger partial charge in [-0.15, -0.1) is 0 Å². The number of rotatable bonds is 0. The van der Waals surface area contributed by atoms with Gasteiger partial charge in [0.2, 0.25) is 0 Å². The second kappa shape index (κ2) is 5.95. The highest BCUT2D eigenvalue weighted by Crippen LogP contribution is 2.43. The smallest absolute Gasteiger partial charge is 0.0999 e. The molecule has 164 valence electrons. The van der Waals surface area contributed by atoms with Crippen molar-refractivity contribution in [2.45, 2.75) is 12.8 Å². The Balaban J connectivity index is 1.61. The number of benzene rings is 4. The molecule has 0 radical (unpaired) electrons. The molecule has 0 amide bonds. The van der Waals surface area contributed by atoms with Gasteiger partial charge in [-0.05, 0) is 43.2 Å². The summed E-state index contributed by atoms with van der Waals surface area (Å²) < 4.78 is 4.71. The molecule has 0 saturated heterocycles. The van der Waals surface area contributed by atoms with Gasteiger partial charge in [-0.25, -0.2) is 0 Å². The lowest BCUT2D eigenvalue weighted by atomic mass is 10.0. The van der Waals surface area contributed by atoms with Crippen molar-refractivity contribution < 1.29 is 0 Å². The Morgan fingerprint density at radius 3 is 1.97 bits per heavy atom. The molecule has 1 aliphatic rings. The number of nitrogens with zero attached hydrogens (tertiary/aromatic N) is 4. The monoisotopic (exact) mass is 456 g/mol. The molecule has 36 heavy (non-hydrogen) atoms. The Bertz CT molecular complexity index is 2490. The van der Waals surface area contributed by atoms with Gasteiger partial charge in [-0.3, -0.25) is 0 Å². The fraction of sp³-hybridized carbons (Fsp3) is 0.0625. The zero-order valence-corrected chi connectivity index (χ0v) is 19.1. The molecule has 9 rings (SSSR count). The van der Waals surface area contributed by atoms with Crippen LogP contribution in [-0.2, 0) is 0 Å². The molecule has 4 aromatic carbocycles. The molecule has 0 saturated carbocycles. The second-order valence-corrected chi connectivity index (χ2v) is 9.85. The average molecular weight is 457 g/mol. The Kier molecular flexibility index (Phi) is 3.02. The number of nitriles is 2. The summed E-state index contributed by atoms with van der Waals surface area (Å²) in [5.74, 6) is 0. The van der Waals surface area contributed by atoms with E-state index in [1.807, 2.05) is 18.2 Å². The SMILES string of the molecule is N#Cc1ccc2c3cc4c(cc3n3c5c(c1c23)=CCCC=5)c1ccc(C#N)c2c3ccccc3n4c12. The Hall–Kier alpha value is -5.06. The van der Waals surface area contributed by atoms with Crippen LogP contribution in [0, 0.1) is 22.7 Å². The standard InChI is InChI=1S/C32H16N4/c33-15-17-9-11-19-23-14-28-24(13-27(23)35-25-7-3-1-5-21(25)29(17)31(19)35)20-12-10-18(16-34)30-22-6-2-4-8-26(22)36(28)32(20)30/h1,3,5-14H,2,4H2. The Morgan fingerprint density at radius 2 is 1.22 bits per heavy atom. The summed E-state index contributed by atoms with van der Waals surface area (Å²) >= 11 is 0. The van der Waals surface area contributed by atoms with E-state index < -0.39 is 0 Å². The van der Waals surface area contributed by atoms with Crippen LogP contribution in [0.15, 0.2) is 60.7 Å². The van der Waals surface area contributed by atoms with E-state index in [2.05, 4.69) is 75.6 Å². The quantitative estimate of drug-likeness (QED) is 0.284. The molecule has 0 spiro atoms. The highest BCUT2D eigenvalue weighted by Gasteiger charge is 2.23. The van der Waals surface area contributed by atoms with Crippen molar-refractivity contribution in [3.05, 3.63) is 82.4 Å². The topological polar surface area (TPSA) is 56.4 Å². The lowest BCUT2D eigenvalue weighted by Crippen LogP contribution is -2.27. The lowest BCUT2D eigenvalue weighted by Gasteiger charge is -2.02. The molecule has 0 N–H and O–H groups in total. The number of fused-ring (bicyclic) bond motifs is 12. The largest absolute Gasteiger partial charge is 0.308 e. The van der Waals surface area contributed by atoms with Crippen LogP contribution in [-0.4, -0.2) is 8.80 Å². The molecule has 0 fully saturated rings. The van der Waals surface area contributed by atoms with Crippen LogP contribution in [0.25, 0.3) is 77.4 Å². The highest BCUT2D eigenvalue weighted by molar-refractivity contribution is 6.27. The van der Waals surface area contributed by atoms with Crippen molar-refractivity contribution in [2.24, 2.45) is 0 Å². The van der Waals surface area contributed by atoms with Crippen molar-refractivity contribution >= 4 is 77.4 Å². The summed E-state index contributed by atoms with van der Waals surface area (Å²) in [5.41, 5.74) is 7.16. The van der Waals surface area contributed by atoms with Crippen LogP contribution in [0.4, 0.5) is 0 Å². The van der Waals surface area contributed by atoms with Crippen molar-refractivity contribution in [3.8, 4) is 12.1 Å². The first-order valence-corrected chi connectivity index (χ1v) is 12.2. The average Bonchev–Trinajstić information content (AvgIpc) is 3.64. The number of hydrogen-bond donors (Lipinski definition) is 0. The maximum atomic E-state index is 9.91. The van der Waals surface area contributed by atoms with E-state index >= 15 is 0 Å². The van der Waals surface area contributed by atoms with Gasteiger partial charge in [0, 0.05) is 48.3 Å². The third-order valence-electron chi connectivity index (χ3n) is 8.27. The molecular weight excluding hydrogens is 440 g/mol. The van der Waals surface area contributed by atoms with Crippen molar-refractivity contribution in [3.63, 3.8) is 0 Å². The van der Waals surface area contributed by atoms with Crippen LogP contribution in [0.1, 0.15) is 24.0 Å². The first kappa shape index (κ1) is 18.3. The van der Waals surface area contributed by atoms with Gasteiger partial charge < -0.3 is 8.80 Å². The number of aromatic nitrogens is 2. The summed E-state index contributed by atoms with van der Waals surface area (Å²) in [7, 11) is 0. The predicted octanol–water partition coefficient (Wildman–Crippen LogP) is 5.93. The van der Waals surface area contributed by atoms with Crippen LogP contribution in [0.2, 0.25) is 0 Å². The summed E-state index contributed by atoms with van der Waals surface area (Å²) in [6.45, 7) is 0. The second-order valence-electron chi connectivity index (χ2n) is 9.85. The van der Waals surface area contributed by atoms with Crippen LogP contribution in [0.5, 0.6) is 0 Å². The maximum absolute atomic E-state index is 9.91. The first-order valence-electron chi connectivity index (χ1n) is 12.2. The van der Waals surface area contributed by atoms with E-state index in [0.29, 0.717) is 5.56 Å².